The van der Waals surface area contributed by atoms with Crippen LogP contribution in [0.1, 0.15) is 24.3 Å². The number of carbonyl (C=O) groups excluding carboxylic acids is 1. The SMILES string of the molecule is CCN[C@H](C)CNC(=O)c1cnc2ccccc2n1.Cl.Cl. The minimum atomic E-state index is -0.192. The fraction of sp³-hybridized carbons (Fsp3) is 0.357. The van der Waals surface area contributed by atoms with E-state index in [1.807, 2.05) is 38.1 Å². The lowest BCUT2D eigenvalue weighted by molar-refractivity contribution is 0.0945. The minimum absolute atomic E-state index is 0. The molecule has 116 valence electrons. The Bertz CT molecular complexity index is 580. The Labute approximate surface area is 136 Å². The fourth-order valence-corrected chi connectivity index (χ4v) is 1.82. The third-order valence-electron chi connectivity index (χ3n) is 2.80. The van der Waals surface area contributed by atoms with E-state index < -0.39 is 0 Å². The third-order valence-corrected chi connectivity index (χ3v) is 2.80. The quantitative estimate of drug-likeness (QED) is 0.881. The zero-order chi connectivity index (χ0) is 13.7. The molecule has 7 heteroatoms. The van der Waals surface area contributed by atoms with Crippen LogP contribution in [0.2, 0.25) is 0 Å². The van der Waals surface area contributed by atoms with E-state index in [0.29, 0.717) is 12.2 Å². The topological polar surface area (TPSA) is 66.9 Å². The molecule has 1 heterocycles. The molecule has 0 radical (unpaired) electrons. The number of nitrogens with zero attached hydrogens (tertiary/aromatic N) is 2. The zero-order valence-corrected chi connectivity index (χ0v) is 13.6. The molecule has 2 N–H and O–H groups in total. The molecule has 1 aromatic heterocycles. The molecule has 0 saturated heterocycles. The lowest BCUT2D eigenvalue weighted by atomic mass is 10.3. The number of benzene rings is 1. The maximum Gasteiger partial charge on any atom is 0.271 e. The van der Waals surface area contributed by atoms with Crippen LogP contribution in [-0.2, 0) is 0 Å². The number of likely N-dealkylation sites (N-methyl/N-ethyl adjacent to an activating group) is 1. The molecule has 1 aromatic carbocycles. The van der Waals surface area contributed by atoms with Crippen LogP contribution >= 0.6 is 24.8 Å². The summed E-state index contributed by atoms with van der Waals surface area (Å²) in [5.41, 5.74) is 1.87. The van der Waals surface area contributed by atoms with Crippen molar-refractivity contribution in [2.75, 3.05) is 13.1 Å². The second-order valence-corrected chi connectivity index (χ2v) is 4.41. The van der Waals surface area contributed by atoms with Crippen LogP contribution in [0.25, 0.3) is 11.0 Å². The zero-order valence-electron chi connectivity index (χ0n) is 12.0. The predicted octanol–water partition coefficient (Wildman–Crippen LogP) is 2.20. The number of hydrogen-bond donors (Lipinski definition) is 2. The molecule has 0 aliphatic rings. The van der Waals surface area contributed by atoms with Crippen molar-refractivity contribution in [3.8, 4) is 0 Å². The Morgan fingerprint density at radius 2 is 1.90 bits per heavy atom. The number of nitrogens with one attached hydrogen (secondary N) is 2. The number of rotatable bonds is 5. The van der Waals surface area contributed by atoms with Gasteiger partial charge in [-0.15, -0.1) is 24.8 Å². The van der Waals surface area contributed by atoms with E-state index in [1.54, 1.807) is 0 Å². The summed E-state index contributed by atoms with van der Waals surface area (Å²) in [6.07, 6.45) is 1.51. The average Bonchev–Trinajstić information content (AvgIpc) is 2.44. The van der Waals surface area contributed by atoms with Gasteiger partial charge in [0.2, 0.25) is 0 Å². The van der Waals surface area contributed by atoms with Crippen molar-refractivity contribution in [1.82, 2.24) is 20.6 Å². The van der Waals surface area contributed by atoms with Gasteiger partial charge < -0.3 is 10.6 Å². The highest BCUT2D eigenvalue weighted by atomic mass is 35.5. The normalized spacial score (nSPS) is 11.1. The third kappa shape index (κ3) is 5.46. The van der Waals surface area contributed by atoms with Gasteiger partial charge in [-0.2, -0.15) is 0 Å². The lowest BCUT2D eigenvalue weighted by Gasteiger charge is -2.12. The number of amides is 1. The van der Waals surface area contributed by atoms with Crippen molar-refractivity contribution in [1.29, 1.82) is 0 Å². The summed E-state index contributed by atoms with van der Waals surface area (Å²) in [6, 6.07) is 7.74. The molecule has 0 fully saturated rings. The number of fused-ring (bicyclic) bond motifs is 1. The Morgan fingerprint density at radius 1 is 1.24 bits per heavy atom. The number of halogens is 2. The van der Waals surface area contributed by atoms with Crippen LogP contribution < -0.4 is 10.6 Å². The van der Waals surface area contributed by atoms with Gasteiger partial charge in [-0.05, 0) is 25.6 Å². The van der Waals surface area contributed by atoms with E-state index in [0.717, 1.165) is 17.6 Å². The largest absolute Gasteiger partial charge is 0.349 e. The average molecular weight is 331 g/mol. The maximum absolute atomic E-state index is 12.0. The van der Waals surface area contributed by atoms with Gasteiger partial charge in [0.1, 0.15) is 5.69 Å². The van der Waals surface area contributed by atoms with Crippen molar-refractivity contribution in [2.24, 2.45) is 0 Å². The van der Waals surface area contributed by atoms with E-state index in [4.69, 9.17) is 0 Å². The van der Waals surface area contributed by atoms with Gasteiger partial charge in [-0.1, -0.05) is 19.1 Å². The van der Waals surface area contributed by atoms with Crippen molar-refractivity contribution < 1.29 is 4.79 Å². The number of hydrogen-bond acceptors (Lipinski definition) is 4. The van der Waals surface area contributed by atoms with Crippen molar-refractivity contribution >= 4 is 41.8 Å². The van der Waals surface area contributed by atoms with Crippen LogP contribution in [0.5, 0.6) is 0 Å². The first-order valence-electron chi connectivity index (χ1n) is 6.44. The van der Waals surface area contributed by atoms with Crippen molar-refractivity contribution in [2.45, 2.75) is 19.9 Å². The first-order valence-corrected chi connectivity index (χ1v) is 6.44. The molecule has 2 rings (SSSR count). The molecule has 2 aromatic rings. The highest BCUT2D eigenvalue weighted by Crippen LogP contribution is 2.08. The monoisotopic (exact) mass is 330 g/mol. The molecule has 0 aliphatic carbocycles. The van der Waals surface area contributed by atoms with Gasteiger partial charge in [-0.3, -0.25) is 9.78 Å². The van der Waals surface area contributed by atoms with Crippen LogP contribution in [0.3, 0.4) is 0 Å². The highest BCUT2D eigenvalue weighted by Gasteiger charge is 2.09. The molecule has 0 aliphatic heterocycles. The summed E-state index contributed by atoms with van der Waals surface area (Å²) in [4.78, 5) is 20.5. The van der Waals surface area contributed by atoms with Gasteiger partial charge in [0.05, 0.1) is 17.2 Å². The highest BCUT2D eigenvalue weighted by molar-refractivity contribution is 5.93. The fourth-order valence-electron chi connectivity index (χ4n) is 1.82. The number of aromatic nitrogens is 2. The lowest BCUT2D eigenvalue weighted by Crippen LogP contribution is -2.39. The van der Waals surface area contributed by atoms with Gasteiger partial charge in [0.15, 0.2) is 0 Å². The van der Waals surface area contributed by atoms with Gasteiger partial charge >= 0.3 is 0 Å². The number of carbonyl (C=O) groups is 1. The van der Waals surface area contributed by atoms with Crippen LogP contribution in [0.4, 0.5) is 0 Å². The van der Waals surface area contributed by atoms with E-state index in [-0.39, 0.29) is 36.8 Å². The summed E-state index contributed by atoms with van der Waals surface area (Å²) < 4.78 is 0. The standard InChI is InChI=1S/C14H18N4O.2ClH/c1-3-15-10(2)8-17-14(19)13-9-16-11-6-4-5-7-12(11)18-13;;/h4-7,9-10,15H,3,8H2,1-2H3,(H,17,19);2*1H/t10-;;/m1../s1. The Balaban J connectivity index is 0.00000200. The predicted molar refractivity (Wildman–Crippen MR) is 89.5 cm³/mol. The second-order valence-electron chi connectivity index (χ2n) is 4.41. The molecule has 1 amide bonds. The molecule has 0 bridgehead atoms. The smallest absolute Gasteiger partial charge is 0.271 e. The van der Waals surface area contributed by atoms with E-state index in [1.165, 1.54) is 6.20 Å². The van der Waals surface area contributed by atoms with Gasteiger partial charge in [0, 0.05) is 12.6 Å². The Hall–Kier alpha value is -1.43. The molecule has 0 unspecified atom stereocenters. The van der Waals surface area contributed by atoms with E-state index in [9.17, 15) is 4.79 Å². The van der Waals surface area contributed by atoms with Crippen LogP contribution in [-0.4, -0.2) is 35.0 Å². The molecule has 5 nitrogen and oxygen atoms in total. The molecule has 1 atom stereocenters. The van der Waals surface area contributed by atoms with Crippen molar-refractivity contribution in [3.05, 3.63) is 36.2 Å². The minimum Gasteiger partial charge on any atom is -0.349 e. The Morgan fingerprint density at radius 3 is 2.57 bits per heavy atom. The van der Waals surface area contributed by atoms with E-state index in [2.05, 4.69) is 20.6 Å². The first kappa shape index (κ1) is 19.6. The Kier molecular flexibility index (Phi) is 8.85. The van der Waals surface area contributed by atoms with Crippen LogP contribution in [0.15, 0.2) is 30.5 Å². The van der Waals surface area contributed by atoms with Gasteiger partial charge in [0.25, 0.3) is 5.91 Å². The summed E-state index contributed by atoms with van der Waals surface area (Å²) in [7, 11) is 0. The summed E-state index contributed by atoms with van der Waals surface area (Å²) in [5.74, 6) is -0.192. The molecule has 0 spiro atoms. The summed E-state index contributed by atoms with van der Waals surface area (Å²) in [5, 5.41) is 6.08. The molecule has 0 saturated carbocycles. The summed E-state index contributed by atoms with van der Waals surface area (Å²) >= 11 is 0. The first-order chi connectivity index (χ1) is 9.20. The molecular formula is C14H20Cl2N4O. The van der Waals surface area contributed by atoms with Crippen molar-refractivity contribution in [3.63, 3.8) is 0 Å². The van der Waals surface area contributed by atoms with E-state index >= 15 is 0 Å². The number of para-hydroxylation sites is 2. The molecule has 21 heavy (non-hydrogen) atoms. The maximum atomic E-state index is 12.0. The van der Waals surface area contributed by atoms with Crippen LogP contribution in [0, 0.1) is 0 Å². The second kappa shape index (κ2) is 9.50. The van der Waals surface area contributed by atoms with Gasteiger partial charge in [-0.25, -0.2) is 4.98 Å². The molecular weight excluding hydrogens is 311 g/mol. The summed E-state index contributed by atoms with van der Waals surface area (Å²) in [6.45, 7) is 5.51.